The largest absolute Gasteiger partial charge is 0.0999 e. The molecule has 0 heteroatoms. The highest BCUT2D eigenvalue weighted by molar-refractivity contribution is 5.05. The first-order valence-corrected chi connectivity index (χ1v) is 6.92. The third-order valence-corrected chi connectivity index (χ3v) is 2.93. The van der Waals surface area contributed by atoms with Gasteiger partial charge in [0.1, 0.15) is 0 Å². The van der Waals surface area contributed by atoms with Gasteiger partial charge in [0.2, 0.25) is 0 Å². The normalized spacial score (nSPS) is 14.8. The summed E-state index contributed by atoms with van der Waals surface area (Å²) in [6.07, 6.45) is 5.11. The average molecular weight is 222 g/mol. The van der Waals surface area contributed by atoms with Crippen molar-refractivity contribution >= 4 is 0 Å². The van der Waals surface area contributed by atoms with Crippen LogP contribution < -0.4 is 0 Å². The summed E-state index contributed by atoms with van der Waals surface area (Å²) in [4.78, 5) is 0. The molecule has 2 unspecified atom stereocenters. The van der Waals surface area contributed by atoms with Crippen LogP contribution in [0.5, 0.6) is 0 Å². The summed E-state index contributed by atoms with van der Waals surface area (Å²) in [5.41, 5.74) is 0. The van der Waals surface area contributed by atoms with Crippen LogP contribution >= 0.6 is 0 Å². The van der Waals surface area contributed by atoms with Gasteiger partial charge in [0, 0.05) is 11.8 Å². The molecule has 0 rings (SSSR count). The van der Waals surface area contributed by atoms with Gasteiger partial charge in [-0.05, 0) is 37.5 Å². The highest BCUT2D eigenvalue weighted by Crippen LogP contribution is 2.13. The Hall–Kier alpha value is -0.440. The van der Waals surface area contributed by atoms with Gasteiger partial charge in [0.05, 0.1) is 0 Å². The minimum atomic E-state index is 0.573. The van der Waals surface area contributed by atoms with Crippen molar-refractivity contribution in [2.45, 2.75) is 67.2 Å². The maximum absolute atomic E-state index is 3.41. The minimum absolute atomic E-state index is 0.573. The molecule has 0 aliphatic rings. The zero-order chi connectivity index (χ0) is 12.6. The van der Waals surface area contributed by atoms with E-state index >= 15 is 0 Å². The van der Waals surface area contributed by atoms with Crippen molar-refractivity contribution < 1.29 is 0 Å². The van der Waals surface area contributed by atoms with Gasteiger partial charge in [-0.15, -0.1) is 0 Å². The molecule has 16 heavy (non-hydrogen) atoms. The van der Waals surface area contributed by atoms with Crippen LogP contribution in [0.4, 0.5) is 0 Å². The lowest BCUT2D eigenvalue weighted by Crippen LogP contribution is -1.98. The standard InChI is InChI=1S/C16H30/c1-13(2)7-9-15(5)11-12-16(6)10-8-14(3)4/h13-16H,7-10H2,1-6H3. The second kappa shape index (κ2) is 8.68. The van der Waals surface area contributed by atoms with E-state index in [4.69, 9.17) is 0 Å². The molecule has 0 saturated heterocycles. The second-order valence-electron chi connectivity index (χ2n) is 6.03. The summed E-state index contributed by atoms with van der Waals surface area (Å²) in [6.45, 7) is 13.6. The summed E-state index contributed by atoms with van der Waals surface area (Å²) in [5.74, 6) is 9.59. The van der Waals surface area contributed by atoms with E-state index in [2.05, 4.69) is 53.4 Å². The van der Waals surface area contributed by atoms with Gasteiger partial charge >= 0.3 is 0 Å². The Morgan fingerprint density at radius 3 is 1.12 bits per heavy atom. The van der Waals surface area contributed by atoms with Crippen molar-refractivity contribution in [1.29, 1.82) is 0 Å². The van der Waals surface area contributed by atoms with E-state index in [0.29, 0.717) is 11.8 Å². The lowest BCUT2D eigenvalue weighted by molar-refractivity contribution is 0.502. The Kier molecular flexibility index (Phi) is 8.44. The number of hydrogen-bond donors (Lipinski definition) is 0. The first kappa shape index (κ1) is 15.6. The molecule has 0 spiro atoms. The van der Waals surface area contributed by atoms with E-state index in [0.717, 1.165) is 11.8 Å². The molecule has 2 atom stereocenters. The van der Waals surface area contributed by atoms with Crippen LogP contribution in [0.2, 0.25) is 0 Å². The predicted octanol–water partition coefficient (Wildman–Crippen LogP) is 5.13. The van der Waals surface area contributed by atoms with Crippen LogP contribution in [0.25, 0.3) is 0 Å². The molecule has 94 valence electrons. The smallest absolute Gasteiger partial charge is 0.0174 e. The van der Waals surface area contributed by atoms with Gasteiger partial charge in [0.15, 0.2) is 0 Å². The lowest BCUT2D eigenvalue weighted by atomic mass is 9.97. The summed E-state index contributed by atoms with van der Waals surface area (Å²) in [7, 11) is 0. The van der Waals surface area contributed by atoms with Gasteiger partial charge in [-0.3, -0.25) is 0 Å². The fourth-order valence-corrected chi connectivity index (χ4v) is 1.60. The highest BCUT2D eigenvalue weighted by atomic mass is 14.1. The molecule has 0 N–H and O–H groups in total. The molecule has 0 saturated carbocycles. The molecule has 0 nitrogen and oxygen atoms in total. The molecule has 0 amide bonds. The number of rotatable bonds is 6. The van der Waals surface area contributed by atoms with E-state index in [1.54, 1.807) is 0 Å². The highest BCUT2D eigenvalue weighted by Gasteiger charge is 2.02. The zero-order valence-electron chi connectivity index (χ0n) is 12.1. The van der Waals surface area contributed by atoms with Crippen molar-refractivity contribution in [2.75, 3.05) is 0 Å². The van der Waals surface area contributed by atoms with Crippen LogP contribution in [0, 0.1) is 35.5 Å². The topological polar surface area (TPSA) is 0 Å². The van der Waals surface area contributed by atoms with E-state index in [1.165, 1.54) is 25.7 Å². The van der Waals surface area contributed by atoms with E-state index in [1.807, 2.05) is 0 Å². The summed E-state index contributed by atoms with van der Waals surface area (Å²) >= 11 is 0. The fraction of sp³-hybridized carbons (Fsp3) is 0.875. The fourth-order valence-electron chi connectivity index (χ4n) is 1.60. The molecular weight excluding hydrogens is 192 g/mol. The van der Waals surface area contributed by atoms with Gasteiger partial charge in [0.25, 0.3) is 0 Å². The van der Waals surface area contributed by atoms with Crippen molar-refractivity contribution in [3.63, 3.8) is 0 Å². The van der Waals surface area contributed by atoms with Crippen LogP contribution in [0.15, 0.2) is 0 Å². The Morgan fingerprint density at radius 2 is 0.875 bits per heavy atom. The molecule has 0 aliphatic heterocycles. The predicted molar refractivity (Wildman–Crippen MR) is 74.2 cm³/mol. The Balaban J connectivity index is 3.79. The molecule has 0 aromatic rings. The second-order valence-corrected chi connectivity index (χ2v) is 6.03. The van der Waals surface area contributed by atoms with E-state index in [9.17, 15) is 0 Å². The van der Waals surface area contributed by atoms with Crippen molar-refractivity contribution in [2.24, 2.45) is 23.7 Å². The Morgan fingerprint density at radius 1 is 0.562 bits per heavy atom. The van der Waals surface area contributed by atoms with E-state index < -0.39 is 0 Å². The maximum atomic E-state index is 3.41. The molecule has 0 aromatic carbocycles. The third-order valence-electron chi connectivity index (χ3n) is 2.93. The molecule has 0 heterocycles. The molecule has 0 aliphatic carbocycles. The third kappa shape index (κ3) is 10.1. The van der Waals surface area contributed by atoms with Crippen molar-refractivity contribution in [1.82, 2.24) is 0 Å². The molecule has 0 bridgehead atoms. The van der Waals surface area contributed by atoms with Gasteiger partial charge in [-0.25, -0.2) is 0 Å². The quantitative estimate of drug-likeness (QED) is 0.546. The average Bonchev–Trinajstić information content (AvgIpc) is 2.20. The van der Waals surface area contributed by atoms with Crippen molar-refractivity contribution in [3.05, 3.63) is 0 Å². The zero-order valence-corrected chi connectivity index (χ0v) is 12.1. The number of hydrogen-bond acceptors (Lipinski definition) is 0. The van der Waals surface area contributed by atoms with Gasteiger partial charge in [-0.1, -0.05) is 53.4 Å². The molecule has 0 aromatic heterocycles. The summed E-state index contributed by atoms with van der Waals surface area (Å²) < 4.78 is 0. The van der Waals surface area contributed by atoms with Crippen LogP contribution in [0.1, 0.15) is 67.2 Å². The monoisotopic (exact) mass is 222 g/mol. The maximum Gasteiger partial charge on any atom is 0.0174 e. The van der Waals surface area contributed by atoms with Gasteiger partial charge in [-0.2, -0.15) is 0 Å². The molecule has 0 radical (unpaired) electrons. The molecule has 0 fully saturated rings. The Labute approximate surface area is 103 Å². The van der Waals surface area contributed by atoms with Crippen LogP contribution in [0.3, 0.4) is 0 Å². The SMILES string of the molecule is CC(C)CCC(C)C#CC(C)CCC(C)C. The molecular formula is C16H30. The van der Waals surface area contributed by atoms with Crippen molar-refractivity contribution in [3.8, 4) is 11.8 Å². The van der Waals surface area contributed by atoms with Crippen LogP contribution in [-0.2, 0) is 0 Å². The van der Waals surface area contributed by atoms with Gasteiger partial charge < -0.3 is 0 Å². The summed E-state index contributed by atoms with van der Waals surface area (Å²) in [6, 6.07) is 0. The first-order chi connectivity index (χ1) is 7.41. The lowest BCUT2D eigenvalue weighted by Gasteiger charge is -2.08. The van der Waals surface area contributed by atoms with E-state index in [-0.39, 0.29) is 0 Å². The minimum Gasteiger partial charge on any atom is -0.0999 e. The summed E-state index contributed by atoms with van der Waals surface area (Å²) in [5, 5.41) is 0. The Bertz CT molecular complexity index is 192. The first-order valence-electron chi connectivity index (χ1n) is 6.92. The van der Waals surface area contributed by atoms with Crippen LogP contribution in [-0.4, -0.2) is 0 Å².